The highest BCUT2D eigenvalue weighted by molar-refractivity contribution is 7.80. The van der Waals surface area contributed by atoms with E-state index in [2.05, 4.69) is 10.3 Å². The van der Waals surface area contributed by atoms with Crippen LogP contribution in [0.3, 0.4) is 0 Å². The fourth-order valence-electron chi connectivity index (χ4n) is 4.78. The molecule has 1 N–H and O–H groups in total. The Labute approximate surface area is 236 Å². The van der Waals surface area contributed by atoms with Gasteiger partial charge in [0.05, 0.1) is 16.7 Å². The number of anilines is 1. The number of non-ortho nitro benzene ring substituents is 1. The lowest BCUT2D eigenvalue weighted by atomic mass is 10.0. The molecule has 0 radical (unpaired) electrons. The molecule has 0 bridgehead atoms. The third-order valence-electron chi connectivity index (χ3n) is 6.73. The third-order valence-corrected chi connectivity index (χ3v) is 7.04. The molecule has 0 spiro atoms. The minimum Gasteiger partial charge on any atom is -0.459 e. The van der Waals surface area contributed by atoms with Gasteiger partial charge in [0.2, 0.25) is 0 Å². The zero-order valence-corrected chi connectivity index (χ0v) is 22.2. The fraction of sp³-hybridized carbons (Fsp3) is 0.0968. The molecule has 3 aromatic carbocycles. The molecule has 2 atom stereocenters. The monoisotopic (exact) mass is 548 g/mol. The van der Waals surface area contributed by atoms with E-state index in [1.807, 2.05) is 90.7 Å². The smallest absolute Gasteiger partial charge is 0.270 e. The Morgan fingerprint density at radius 3 is 2.40 bits per heavy atom. The number of benzene rings is 3. The number of rotatable bonds is 7. The number of hydrogen-bond acceptors (Lipinski definition) is 6. The van der Waals surface area contributed by atoms with E-state index in [4.69, 9.17) is 21.4 Å². The standard InChI is InChI=1S/C31H24N4O4S/c1-20-8-12-24(13-9-20)38-25-14-10-22(11-15-25)34-30(29(33-31(34)40)26-7-2-3-18-32-26)28-17-16-27(39-28)21-5-4-6-23(19-21)35(36)37/h2-19,29-30H,1H3,(H,33,40)/t29-,30+/m1/s1. The molecule has 1 fully saturated rings. The van der Waals surface area contributed by atoms with Crippen LogP contribution in [0.25, 0.3) is 11.3 Å². The SMILES string of the molecule is Cc1ccc(Oc2ccc(N3C(=S)N[C@H](c4ccccn4)[C@@H]3c3ccc(-c4cccc([N+](=O)[O-])c4)o3)cc2)cc1. The van der Waals surface area contributed by atoms with Crippen LogP contribution in [0.15, 0.2) is 114 Å². The number of nitrogens with one attached hydrogen (secondary N) is 1. The molecule has 1 aliphatic heterocycles. The number of ether oxygens (including phenoxy) is 1. The fourth-order valence-corrected chi connectivity index (χ4v) is 5.12. The van der Waals surface area contributed by atoms with E-state index in [0.717, 1.165) is 22.7 Å². The Balaban J connectivity index is 1.35. The van der Waals surface area contributed by atoms with Gasteiger partial charge in [-0.15, -0.1) is 0 Å². The van der Waals surface area contributed by atoms with Crippen molar-refractivity contribution in [3.63, 3.8) is 0 Å². The molecule has 0 saturated carbocycles. The zero-order chi connectivity index (χ0) is 27.6. The van der Waals surface area contributed by atoms with Gasteiger partial charge in [-0.2, -0.15) is 0 Å². The van der Waals surface area contributed by atoms with Crippen molar-refractivity contribution >= 4 is 28.7 Å². The number of furan rings is 1. The van der Waals surface area contributed by atoms with Crippen LogP contribution in [0.2, 0.25) is 0 Å². The van der Waals surface area contributed by atoms with Crippen LogP contribution in [0.5, 0.6) is 11.5 Å². The van der Waals surface area contributed by atoms with Crippen LogP contribution in [-0.2, 0) is 0 Å². The van der Waals surface area contributed by atoms with E-state index in [0.29, 0.717) is 27.9 Å². The molecular formula is C31H24N4O4S. The first-order valence-electron chi connectivity index (χ1n) is 12.7. The van der Waals surface area contributed by atoms with Crippen molar-refractivity contribution in [1.82, 2.24) is 10.3 Å². The maximum Gasteiger partial charge on any atom is 0.270 e. The molecule has 1 aliphatic rings. The van der Waals surface area contributed by atoms with E-state index < -0.39 is 4.92 Å². The van der Waals surface area contributed by atoms with Crippen molar-refractivity contribution < 1.29 is 14.1 Å². The molecular weight excluding hydrogens is 524 g/mol. The van der Waals surface area contributed by atoms with Crippen LogP contribution in [0, 0.1) is 17.0 Å². The highest BCUT2D eigenvalue weighted by Crippen LogP contribution is 2.43. The molecule has 5 aromatic rings. The second kappa shape index (κ2) is 10.6. The summed E-state index contributed by atoms with van der Waals surface area (Å²) >= 11 is 5.81. The number of nitro groups is 1. The first kappa shape index (κ1) is 25.3. The normalized spacial score (nSPS) is 16.5. The van der Waals surface area contributed by atoms with Gasteiger partial charge in [0, 0.05) is 29.6 Å². The lowest BCUT2D eigenvalue weighted by molar-refractivity contribution is -0.384. The zero-order valence-electron chi connectivity index (χ0n) is 21.4. The molecule has 0 aliphatic carbocycles. The van der Waals surface area contributed by atoms with Gasteiger partial charge in [0.25, 0.3) is 5.69 Å². The van der Waals surface area contributed by atoms with Gasteiger partial charge in [-0.05, 0) is 79.8 Å². The Kier molecular flexibility index (Phi) is 6.71. The largest absolute Gasteiger partial charge is 0.459 e. The predicted octanol–water partition coefficient (Wildman–Crippen LogP) is 7.53. The second-order valence-corrected chi connectivity index (χ2v) is 9.80. The van der Waals surface area contributed by atoms with E-state index in [1.165, 1.54) is 12.1 Å². The van der Waals surface area contributed by atoms with Crippen molar-refractivity contribution in [3.05, 3.63) is 136 Å². The van der Waals surface area contributed by atoms with Gasteiger partial charge in [0.15, 0.2) is 5.11 Å². The summed E-state index contributed by atoms with van der Waals surface area (Å²) in [7, 11) is 0. The molecule has 0 unspecified atom stereocenters. The highest BCUT2D eigenvalue weighted by atomic mass is 32.1. The van der Waals surface area contributed by atoms with Crippen molar-refractivity contribution in [2.75, 3.05) is 4.90 Å². The van der Waals surface area contributed by atoms with Crippen molar-refractivity contribution in [2.24, 2.45) is 0 Å². The average Bonchev–Trinajstić information content (AvgIpc) is 3.60. The Hall–Kier alpha value is -5.02. The van der Waals surface area contributed by atoms with Gasteiger partial charge < -0.3 is 19.4 Å². The number of nitro benzene ring substituents is 1. The summed E-state index contributed by atoms with van der Waals surface area (Å²) in [5.74, 6) is 2.63. The molecule has 6 rings (SSSR count). The van der Waals surface area contributed by atoms with Crippen LogP contribution < -0.4 is 15.0 Å². The summed E-state index contributed by atoms with van der Waals surface area (Å²) < 4.78 is 12.4. The molecule has 3 heterocycles. The van der Waals surface area contributed by atoms with Crippen LogP contribution in [-0.4, -0.2) is 15.0 Å². The maximum atomic E-state index is 11.3. The van der Waals surface area contributed by atoms with Crippen LogP contribution >= 0.6 is 12.2 Å². The van der Waals surface area contributed by atoms with E-state index in [1.54, 1.807) is 18.3 Å². The minimum absolute atomic E-state index is 0.0000883. The van der Waals surface area contributed by atoms with Gasteiger partial charge in [0.1, 0.15) is 29.1 Å². The second-order valence-electron chi connectivity index (χ2n) is 9.42. The molecule has 1 saturated heterocycles. The lowest BCUT2D eigenvalue weighted by Crippen LogP contribution is -2.29. The number of thiocarbonyl (C=S) groups is 1. The Morgan fingerprint density at radius 2 is 1.70 bits per heavy atom. The van der Waals surface area contributed by atoms with Gasteiger partial charge in [-0.1, -0.05) is 35.9 Å². The van der Waals surface area contributed by atoms with Crippen molar-refractivity contribution in [2.45, 2.75) is 19.0 Å². The Bertz CT molecular complexity index is 1670. The molecule has 40 heavy (non-hydrogen) atoms. The number of pyridine rings is 1. The number of aryl methyl sites for hydroxylation is 1. The summed E-state index contributed by atoms with van der Waals surface area (Å²) in [6, 6.07) is 30.8. The van der Waals surface area contributed by atoms with Crippen LogP contribution in [0.4, 0.5) is 11.4 Å². The average molecular weight is 549 g/mol. The molecule has 0 amide bonds. The molecule has 8 nitrogen and oxygen atoms in total. The molecule has 9 heteroatoms. The summed E-state index contributed by atoms with van der Waals surface area (Å²) in [5.41, 5.74) is 3.45. The lowest BCUT2D eigenvalue weighted by Gasteiger charge is -2.26. The third kappa shape index (κ3) is 5.02. The topological polar surface area (TPSA) is 93.7 Å². The number of aromatic nitrogens is 1. The van der Waals surface area contributed by atoms with Crippen molar-refractivity contribution in [1.29, 1.82) is 0 Å². The van der Waals surface area contributed by atoms with Gasteiger partial charge in [-0.25, -0.2) is 0 Å². The first-order chi connectivity index (χ1) is 19.5. The maximum absolute atomic E-state index is 11.3. The van der Waals surface area contributed by atoms with E-state index in [9.17, 15) is 10.1 Å². The van der Waals surface area contributed by atoms with E-state index in [-0.39, 0.29) is 17.8 Å². The summed E-state index contributed by atoms with van der Waals surface area (Å²) in [5, 5.41) is 15.2. The summed E-state index contributed by atoms with van der Waals surface area (Å²) in [6.45, 7) is 2.03. The van der Waals surface area contributed by atoms with E-state index >= 15 is 0 Å². The highest BCUT2D eigenvalue weighted by Gasteiger charge is 2.42. The summed E-state index contributed by atoms with van der Waals surface area (Å²) in [4.78, 5) is 17.5. The summed E-state index contributed by atoms with van der Waals surface area (Å²) in [6.07, 6.45) is 1.74. The number of hydrogen-bond donors (Lipinski definition) is 1. The quantitative estimate of drug-likeness (QED) is 0.127. The predicted molar refractivity (Wildman–Crippen MR) is 156 cm³/mol. The van der Waals surface area contributed by atoms with Crippen molar-refractivity contribution in [3.8, 4) is 22.8 Å². The number of nitrogens with zero attached hydrogens (tertiary/aromatic N) is 3. The Morgan fingerprint density at radius 1 is 0.950 bits per heavy atom. The first-order valence-corrected chi connectivity index (χ1v) is 13.1. The molecule has 198 valence electrons. The van der Waals surface area contributed by atoms with Crippen LogP contribution in [0.1, 0.15) is 29.1 Å². The molecule has 2 aromatic heterocycles. The van der Waals surface area contributed by atoms with Gasteiger partial charge >= 0.3 is 0 Å². The minimum atomic E-state index is -0.419. The van der Waals surface area contributed by atoms with Gasteiger partial charge in [-0.3, -0.25) is 15.1 Å².